The Morgan fingerprint density at radius 1 is 1.56 bits per heavy atom. The Bertz CT molecular complexity index is 381. The highest BCUT2D eigenvalue weighted by atomic mass is 32.2. The Labute approximate surface area is 98.4 Å². The molecule has 1 fully saturated rings. The molecule has 5 nitrogen and oxygen atoms in total. The van der Waals surface area contributed by atoms with Crippen LogP contribution < -0.4 is 5.73 Å². The molecule has 0 radical (unpaired) electrons. The van der Waals surface area contributed by atoms with Crippen molar-refractivity contribution in [3.63, 3.8) is 0 Å². The molecule has 86 valence electrons. The first kappa shape index (κ1) is 11.2. The van der Waals surface area contributed by atoms with Gasteiger partial charge in [0.15, 0.2) is 0 Å². The van der Waals surface area contributed by atoms with E-state index >= 15 is 0 Å². The number of rotatable bonds is 1. The van der Waals surface area contributed by atoms with Gasteiger partial charge in [0.25, 0.3) is 5.91 Å². The van der Waals surface area contributed by atoms with Crippen molar-refractivity contribution in [1.29, 1.82) is 0 Å². The van der Waals surface area contributed by atoms with Crippen molar-refractivity contribution in [2.45, 2.75) is 13.0 Å². The molecule has 0 spiro atoms. The van der Waals surface area contributed by atoms with Crippen molar-refractivity contribution in [2.75, 3.05) is 23.8 Å². The average molecular weight is 238 g/mol. The average Bonchev–Trinajstić information content (AvgIpc) is 2.30. The minimum absolute atomic E-state index is 0.0553. The quantitative estimate of drug-likeness (QED) is 0.777. The lowest BCUT2D eigenvalue weighted by molar-refractivity contribution is 0.0709. The highest BCUT2D eigenvalue weighted by molar-refractivity contribution is 7.99. The number of nitrogen functional groups attached to an aromatic ring is 1. The fourth-order valence-corrected chi connectivity index (χ4v) is 2.64. The van der Waals surface area contributed by atoms with Gasteiger partial charge in [-0.15, -0.1) is 0 Å². The predicted molar refractivity (Wildman–Crippen MR) is 64.3 cm³/mol. The van der Waals surface area contributed by atoms with Crippen molar-refractivity contribution in [2.24, 2.45) is 0 Å². The molecule has 1 aliphatic heterocycles. The van der Waals surface area contributed by atoms with E-state index in [0.717, 1.165) is 18.1 Å². The molecular weight excluding hydrogens is 224 g/mol. The molecule has 1 saturated heterocycles. The smallest absolute Gasteiger partial charge is 0.274 e. The van der Waals surface area contributed by atoms with Gasteiger partial charge < -0.3 is 10.6 Å². The number of thioether (sulfide) groups is 1. The summed E-state index contributed by atoms with van der Waals surface area (Å²) >= 11 is 1.87. The van der Waals surface area contributed by atoms with Crippen LogP contribution in [0.25, 0.3) is 0 Å². The third kappa shape index (κ3) is 2.27. The second kappa shape index (κ2) is 4.69. The number of carbonyl (C=O) groups is 1. The van der Waals surface area contributed by atoms with Gasteiger partial charge in [0.2, 0.25) is 0 Å². The number of anilines is 1. The van der Waals surface area contributed by atoms with Crippen LogP contribution in [0.5, 0.6) is 0 Å². The van der Waals surface area contributed by atoms with Crippen LogP contribution in [-0.4, -0.2) is 44.9 Å². The van der Waals surface area contributed by atoms with Crippen molar-refractivity contribution < 1.29 is 4.79 Å². The molecule has 1 aliphatic rings. The van der Waals surface area contributed by atoms with Crippen LogP contribution in [0, 0.1) is 0 Å². The number of carbonyl (C=O) groups excluding carboxylic acids is 1. The Hall–Kier alpha value is -1.30. The van der Waals surface area contributed by atoms with Crippen LogP contribution >= 0.6 is 11.8 Å². The number of hydrogen-bond donors (Lipinski definition) is 1. The third-order valence-corrected chi connectivity index (χ3v) is 3.71. The summed E-state index contributed by atoms with van der Waals surface area (Å²) in [5, 5.41) is 0. The lowest BCUT2D eigenvalue weighted by Crippen LogP contribution is -2.44. The maximum atomic E-state index is 12.1. The molecular formula is C10H14N4OS. The molecule has 1 amide bonds. The zero-order valence-electron chi connectivity index (χ0n) is 9.09. The van der Waals surface area contributed by atoms with Gasteiger partial charge in [0.05, 0.1) is 12.4 Å². The summed E-state index contributed by atoms with van der Waals surface area (Å²) in [5.74, 6) is 2.24. The largest absolute Gasteiger partial charge is 0.382 e. The zero-order chi connectivity index (χ0) is 11.5. The molecule has 1 aromatic heterocycles. The first-order valence-electron chi connectivity index (χ1n) is 5.14. The molecule has 2 heterocycles. The van der Waals surface area contributed by atoms with E-state index in [4.69, 9.17) is 5.73 Å². The number of aromatic nitrogens is 2. The van der Waals surface area contributed by atoms with E-state index in [2.05, 4.69) is 16.9 Å². The van der Waals surface area contributed by atoms with Crippen LogP contribution in [0.2, 0.25) is 0 Å². The van der Waals surface area contributed by atoms with Crippen molar-refractivity contribution in [3.8, 4) is 0 Å². The molecule has 0 aromatic carbocycles. The van der Waals surface area contributed by atoms with Gasteiger partial charge in [-0.1, -0.05) is 0 Å². The Balaban J connectivity index is 2.14. The van der Waals surface area contributed by atoms with E-state index in [9.17, 15) is 4.79 Å². The fraction of sp³-hybridized carbons (Fsp3) is 0.500. The second-order valence-electron chi connectivity index (χ2n) is 3.75. The molecule has 0 aliphatic carbocycles. The van der Waals surface area contributed by atoms with E-state index in [1.54, 1.807) is 0 Å². The highest BCUT2D eigenvalue weighted by Crippen LogP contribution is 2.17. The van der Waals surface area contributed by atoms with Gasteiger partial charge in [-0.05, 0) is 6.92 Å². The molecule has 1 unspecified atom stereocenters. The minimum Gasteiger partial charge on any atom is -0.382 e. The van der Waals surface area contributed by atoms with E-state index in [1.165, 1.54) is 12.4 Å². The predicted octanol–water partition coefficient (Wildman–Crippen LogP) is 0.636. The summed E-state index contributed by atoms with van der Waals surface area (Å²) in [6.07, 6.45) is 2.85. The Morgan fingerprint density at radius 2 is 2.38 bits per heavy atom. The van der Waals surface area contributed by atoms with Gasteiger partial charge in [0, 0.05) is 24.1 Å². The first-order chi connectivity index (χ1) is 7.68. The van der Waals surface area contributed by atoms with Gasteiger partial charge in [-0.3, -0.25) is 4.79 Å². The van der Waals surface area contributed by atoms with Crippen LogP contribution in [0.3, 0.4) is 0 Å². The summed E-state index contributed by atoms with van der Waals surface area (Å²) < 4.78 is 0. The summed E-state index contributed by atoms with van der Waals surface area (Å²) in [6.45, 7) is 2.82. The topological polar surface area (TPSA) is 72.1 Å². The lowest BCUT2D eigenvalue weighted by atomic mass is 10.2. The van der Waals surface area contributed by atoms with Gasteiger partial charge in [-0.25, -0.2) is 9.97 Å². The monoisotopic (exact) mass is 238 g/mol. The molecule has 16 heavy (non-hydrogen) atoms. The third-order valence-electron chi connectivity index (χ3n) is 2.52. The maximum Gasteiger partial charge on any atom is 0.274 e. The number of amides is 1. The van der Waals surface area contributed by atoms with E-state index in [1.807, 2.05) is 16.7 Å². The lowest BCUT2D eigenvalue weighted by Gasteiger charge is -2.32. The van der Waals surface area contributed by atoms with Crippen LogP contribution in [-0.2, 0) is 0 Å². The molecule has 0 saturated carbocycles. The molecule has 1 atom stereocenters. The minimum atomic E-state index is -0.0553. The summed E-state index contributed by atoms with van der Waals surface area (Å²) in [4.78, 5) is 21.8. The van der Waals surface area contributed by atoms with Crippen molar-refractivity contribution in [3.05, 3.63) is 18.1 Å². The van der Waals surface area contributed by atoms with E-state index < -0.39 is 0 Å². The van der Waals surface area contributed by atoms with Crippen LogP contribution in [0.15, 0.2) is 12.4 Å². The van der Waals surface area contributed by atoms with Crippen LogP contribution in [0.1, 0.15) is 17.4 Å². The zero-order valence-corrected chi connectivity index (χ0v) is 9.91. The number of nitrogens with two attached hydrogens (primary N) is 1. The molecule has 1 aromatic rings. The van der Waals surface area contributed by atoms with Crippen molar-refractivity contribution in [1.82, 2.24) is 14.9 Å². The van der Waals surface area contributed by atoms with Gasteiger partial charge >= 0.3 is 0 Å². The number of hydrogen-bond acceptors (Lipinski definition) is 5. The standard InChI is InChI=1S/C10H14N4OS/c1-7-6-16-3-2-14(7)10(15)8-4-13-9(11)5-12-8/h4-5,7H,2-3,6H2,1H3,(H2,11,13). The first-order valence-corrected chi connectivity index (χ1v) is 6.30. The van der Waals surface area contributed by atoms with Crippen molar-refractivity contribution >= 4 is 23.5 Å². The maximum absolute atomic E-state index is 12.1. The summed E-state index contributed by atoms with van der Waals surface area (Å²) in [7, 11) is 0. The van der Waals surface area contributed by atoms with Gasteiger partial charge in [0.1, 0.15) is 11.5 Å². The SMILES string of the molecule is CC1CSCCN1C(=O)c1cnc(N)cn1. The number of nitrogens with zero attached hydrogens (tertiary/aromatic N) is 3. The fourth-order valence-electron chi connectivity index (χ4n) is 1.62. The molecule has 0 bridgehead atoms. The normalized spacial score (nSPS) is 20.8. The highest BCUT2D eigenvalue weighted by Gasteiger charge is 2.25. The summed E-state index contributed by atoms with van der Waals surface area (Å²) in [6, 6.07) is 0.255. The summed E-state index contributed by atoms with van der Waals surface area (Å²) in [5.41, 5.74) is 5.80. The molecule has 2 rings (SSSR count). The van der Waals surface area contributed by atoms with E-state index in [0.29, 0.717) is 11.5 Å². The van der Waals surface area contributed by atoms with Crippen LogP contribution in [0.4, 0.5) is 5.82 Å². The Kier molecular flexibility index (Phi) is 3.28. The van der Waals surface area contributed by atoms with E-state index in [-0.39, 0.29) is 11.9 Å². The molecule has 6 heteroatoms. The Morgan fingerprint density at radius 3 is 3.00 bits per heavy atom. The van der Waals surface area contributed by atoms with Gasteiger partial charge in [-0.2, -0.15) is 11.8 Å². The molecule has 2 N–H and O–H groups in total. The second-order valence-corrected chi connectivity index (χ2v) is 4.90.